The fourth-order valence-corrected chi connectivity index (χ4v) is 0.346. The van der Waals surface area contributed by atoms with Gasteiger partial charge in [0.25, 0.3) is 0 Å². The number of hydrogen-bond donors (Lipinski definition) is 0. The highest BCUT2D eigenvalue weighted by Gasteiger charge is 2.13. The molecule has 0 saturated carbocycles. The fraction of sp³-hybridized carbons (Fsp3) is 0.857. The first-order valence-electron chi connectivity index (χ1n) is 3.21. The van der Waals surface area contributed by atoms with E-state index in [0.29, 0.717) is 0 Å². The Bertz CT molecular complexity index is 100.0. The molecule has 0 rings (SSSR count). The van der Waals surface area contributed by atoms with Crippen LogP contribution in [0.2, 0.25) is 0 Å². The molecule has 0 aliphatic carbocycles. The highest BCUT2D eigenvalue weighted by molar-refractivity contribution is 5.52. The second-order valence-corrected chi connectivity index (χ2v) is 3.07. The molecular weight excluding hydrogens is 112 g/mol. The molecule has 54 valence electrons. The van der Waals surface area contributed by atoms with Crippen molar-refractivity contribution in [2.75, 3.05) is 7.05 Å². The van der Waals surface area contributed by atoms with Crippen molar-refractivity contribution in [2.24, 2.45) is 5.10 Å². The summed E-state index contributed by atoms with van der Waals surface area (Å²) in [5.74, 6) is 0. The first kappa shape index (κ1) is 8.47. The zero-order valence-corrected chi connectivity index (χ0v) is 6.97. The quantitative estimate of drug-likeness (QED) is 0.388. The Morgan fingerprint density at radius 3 is 1.89 bits per heavy atom. The summed E-state index contributed by atoms with van der Waals surface area (Å²) < 4.78 is 0. The number of nitrogens with zero attached hydrogens (tertiary/aromatic N) is 2. The van der Waals surface area contributed by atoms with E-state index >= 15 is 0 Å². The summed E-state index contributed by atoms with van der Waals surface area (Å²) in [4.78, 5) is 0. The van der Waals surface area contributed by atoms with Crippen LogP contribution in [0.5, 0.6) is 0 Å². The van der Waals surface area contributed by atoms with E-state index in [1.54, 1.807) is 6.21 Å². The third kappa shape index (κ3) is 3.12. The molecule has 9 heavy (non-hydrogen) atoms. The van der Waals surface area contributed by atoms with Gasteiger partial charge >= 0.3 is 0 Å². The van der Waals surface area contributed by atoms with Crippen LogP contribution in [0.15, 0.2) is 5.10 Å². The number of rotatable bonds is 1. The topological polar surface area (TPSA) is 15.6 Å². The molecule has 0 aromatic rings. The summed E-state index contributed by atoms with van der Waals surface area (Å²) >= 11 is 0. The van der Waals surface area contributed by atoms with Crippen LogP contribution in [0, 0.1) is 0 Å². The molecule has 0 N–H and O–H groups in total. The molecule has 0 aromatic carbocycles. The Morgan fingerprint density at radius 2 is 1.78 bits per heavy atom. The summed E-state index contributed by atoms with van der Waals surface area (Å²) in [5, 5.41) is 6.04. The van der Waals surface area contributed by atoms with Crippen molar-refractivity contribution in [3.8, 4) is 0 Å². The smallest absolute Gasteiger partial charge is 0.0491 e. The SMILES string of the molecule is C/C=N\N(C)C(C)(C)C. The summed E-state index contributed by atoms with van der Waals surface area (Å²) in [7, 11) is 1.97. The van der Waals surface area contributed by atoms with Gasteiger partial charge in [-0.2, -0.15) is 5.10 Å². The van der Waals surface area contributed by atoms with Crippen LogP contribution in [0.4, 0.5) is 0 Å². The third-order valence-electron chi connectivity index (χ3n) is 1.26. The highest BCUT2D eigenvalue weighted by atomic mass is 15.5. The Kier molecular flexibility index (Phi) is 2.68. The molecule has 0 fully saturated rings. The van der Waals surface area contributed by atoms with Gasteiger partial charge in [0.2, 0.25) is 0 Å². The maximum atomic E-state index is 4.10. The lowest BCUT2D eigenvalue weighted by molar-refractivity contribution is 0.185. The number of hydrogen-bond acceptors (Lipinski definition) is 2. The third-order valence-corrected chi connectivity index (χ3v) is 1.26. The van der Waals surface area contributed by atoms with Gasteiger partial charge < -0.3 is 0 Å². The summed E-state index contributed by atoms with van der Waals surface area (Å²) in [6.07, 6.45) is 1.80. The van der Waals surface area contributed by atoms with Crippen LogP contribution in [0.1, 0.15) is 27.7 Å². The maximum absolute atomic E-state index is 4.10. The first-order valence-corrected chi connectivity index (χ1v) is 3.21. The van der Waals surface area contributed by atoms with Crippen molar-refractivity contribution < 1.29 is 0 Å². The normalized spacial score (nSPS) is 12.6. The van der Waals surface area contributed by atoms with Crippen molar-refractivity contribution >= 4 is 6.21 Å². The average molecular weight is 128 g/mol. The van der Waals surface area contributed by atoms with Gasteiger partial charge in [0.1, 0.15) is 0 Å². The first-order chi connectivity index (χ1) is 3.98. The molecule has 2 heteroatoms. The monoisotopic (exact) mass is 128 g/mol. The predicted molar refractivity (Wildman–Crippen MR) is 41.7 cm³/mol. The van der Waals surface area contributed by atoms with E-state index < -0.39 is 0 Å². The molecule has 0 aliphatic heterocycles. The zero-order chi connectivity index (χ0) is 7.49. The van der Waals surface area contributed by atoms with Crippen molar-refractivity contribution in [2.45, 2.75) is 33.2 Å². The molecule has 0 aliphatic rings. The van der Waals surface area contributed by atoms with E-state index in [4.69, 9.17) is 0 Å². The highest BCUT2D eigenvalue weighted by Crippen LogP contribution is 2.09. The Hall–Kier alpha value is -0.530. The Morgan fingerprint density at radius 1 is 1.33 bits per heavy atom. The molecule has 0 amide bonds. The van der Waals surface area contributed by atoms with E-state index in [9.17, 15) is 0 Å². The van der Waals surface area contributed by atoms with Crippen molar-refractivity contribution in [1.82, 2.24) is 5.01 Å². The number of hydrazone groups is 1. The summed E-state index contributed by atoms with van der Waals surface area (Å²) in [5.41, 5.74) is 0.145. The molecule has 0 unspecified atom stereocenters. The van der Waals surface area contributed by atoms with E-state index in [1.807, 2.05) is 19.0 Å². The van der Waals surface area contributed by atoms with Crippen LogP contribution in [-0.2, 0) is 0 Å². The second-order valence-electron chi connectivity index (χ2n) is 3.07. The van der Waals surface area contributed by atoms with Crippen LogP contribution >= 0.6 is 0 Å². The molecule has 0 aromatic heterocycles. The van der Waals surface area contributed by atoms with Crippen molar-refractivity contribution in [3.63, 3.8) is 0 Å². The van der Waals surface area contributed by atoms with Gasteiger partial charge in [-0.3, -0.25) is 5.01 Å². The second kappa shape index (κ2) is 2.85. The Labute approximate surface area is 57.6 Å². The Balaban J connectivity index is 3.88. The van der Waals surface area contributed by atoms with Gasteiger partial charge in [-0.05, 0) is 27.7 Å². The molecule has 2 nitrogen and oxygen atoms in total. The standard InChI is InChI=1S/C7H16N2/c1-6-8-9(5)7(2,3)4/h6H,1-5H3/b8-6-. The van der Waals surface area contributed by atoms with Gasteiger partial charge in [-0.1, -0.05) is 0 Å². The lowest BCUT2D eigenvalue weighted by atomic mass is 10.1. The van der Waals surface area contributed by atoms with Gasteiger partial charge in [-0.25, -0.2) is 0 Å². The van der Waals surface area contributed by atoms with Crippen molar-refractivity contribution in [1.29, 1.82) is 0 Å². The van der Waals surface area contributed by atoms with E-state index in [-0.39, 0.29) is 5.54 Å². The minimum Gasteiger partial charge on any atom is -0.295 e. The molecule has 0 heterocycles. The summed E-state index contributed by atoms with van der Waals surface area (Å²) in [6, 6.07) is 0. The van der Waals surface area contributed by atoms with E-state index in [1.165, 1.54) is 0 Å². The van der Waals surface area contributed by atoms with Crippen molar-refractivity contribution in [3.05, 3.63) is 0 Å². The lowest BCUT2D eigenvalue weighted by Gasteiger charge is -2.28. The molecule has 0 spiro atoms. The maximum Gasteiger partial charge on any atom is 0.0491 e. The largest absolute Gasteiger partial charge is 0.295 e. The van der Waals surface area contributed by atoms with Gasteiger partial charge in [0.05, 0.1) is 0 Å². The fourth-order valence-electron chi connectivity index (χ4n) is 0.346. The van der Waals surface area contributed by atoms with Gasteiger partial charge in [0.15, 0.2) is 0 Å². The summed E-state index contributed by atoms with van der Waals surface area (Å²) in [6.45, 7) is 8.29. The minimum atomic E-state index is 0.145. The van der Waals surface area contributed by atoms with Crippen LogP contribution in [0.25, 0.3) is 0 Å². The van der Waals surface area contributed by atoms with Crippen LogP contribution in [-0.4, -0.2) is 23.8 Å². The van der Waals surface area contributed by atoms with Gasteiger partial charge in [-0.15, -0.1) is 0 Å². The van der Waals surface area contributed by atoms with Crippen LogP contribution in [0.3, 0.4) is 0 Å². The van der Waals surface area contributed by atoms with E-state index in [2.05, 4.69) is 25.9 Å². The molecular formula is C7H16N2. The molecule has 0 atom stereocenters. The molecule has 0 bridgehead atoms. The predicted octanol–water partition coefficient (Wildman–Crippen LogP) is 1.72. The molecule has 0 radical (unpaired) electrons. The lowest BCUT2D eigenvalue weighted by Crippen LogP contribution is -2.33. The average Bonchev–Trinajstić information content (AvgIpc) is 1.64. The molecule has 0 saturated heterocycles. The minimum absolute atomic E-state index is 0.145. The zero-order valence-electron chi connectivity index (χ0n) is 6.97. The van der Waals surface area contributed by atoms with Crippen LogP contribution < -0.4 is 0 Å². The van der Waals surface area contributed by atoms with E-state index in [0.717, 1.165) is 0 Å². The van der Waals surface area contributed by atoms with Gasteiger partial charge in [0, 0.05) is 18.8 Å².